The van der Waals surface area contributed by atoms with Crippen molar-refractivity contribution >= 4 is 18.9 Å². The predicted molar refractivity (Wildman–Crippen MR) is 98.7 cm³/mol. The summed E-state index contributed by atoms with van der Waals surface area (Å²) in [6.45, 7) is 5.21. The van der Waals surface area contributed by atoms with E-state index in [1.165, 1.54) is 10.9 Å². The zero-order chi connectivity index (χ0) is 20.4. The molecule has 0 aromatic carbocycles. The third kappa shape index (κ3) is 3.07. The van der Waals surface area contributed by atoms with Crippen molar-refractivity contribution in [1.29, 1.82) is 0 Å². The number of rotatable bonds is 5. The first-order valence-corrected chi connectivity index (χ1v) is 11.0. The Balaban J connectivity index is 1.52. The van der Waals surface area contributed by atoms with Crippen LogP contribution in [0.2, 0.25) is 0 Å². The van der Waals surface area contributed by atoms with Crippen molar-refractivity contribution in [3.8, 4) is 5.88 Å². The zero-order valence-electron chi connectivity index (χ0n) is 15.7. The molecule has 0 amide bonds. The van der Waals surface area contributed by atoms with E-state index >= 15 is 0 Å². The van der Waals surface area contributed by atoms with E-state index in [2.05, 4.69) is 15.0 Å². The summed E-state index contributed by atoms with van der Waals surface area (Å²) in [6.07, 6.45) is -1.53. The molecule has 0 aliphatic carbocycles. The molecule has 0 radical (unpaired) electrons. The Morgan fingerprint density at radius 2 is 1.89 bits per heavy atom. The van der Waals surface area contributed by atoms with E-state index in [4.69, 9.17) is 9.26 Å². The van der Waals surface area contributed by atoms with Crippen LogP contribution in [0.1, 0.15) is 33.4 Å². The van der Waals surface area contributed by atoms with E-state index in [1.54, 1.807) is 20.8 Å². The second kappa shape index (κ2) is 6.53. The van der Waals surface area contributed by atoms with Crippen molar-refractivity contribution in [3.63, 3.8) is 0 Å². The van der Waals surface area contributed by atoms with Crippen molar-refractivity contribution < 1.29 is 34.6 Å². The molecule has 2 saturated heterocycles. The summed E-state index contributed by atoms with van der Waals surface area (Å²) >= 11 is 0. The van der Waals surface area contributed by atoms with Crippen molar-refractivity contribution in [2.45, 2.75) is 68.8 Å². The van der Waals surface area contributed by atoms with E-state index in [0.29, 0.717) is 0 Å². The number of hydrogen-bond acceptors (Lipinski definition) is 10. The summed E-state index contributed by atoms with van der Waals surface area (Å²) in [7, 11) is -3.18. The van der Waals surface area contributed by atoms with Gasteiger partial charge in [0.2, 0.25) is 0 Å². The van der Waals surface area contributed by atoms with Crippen LogP contribution < -0.4 is 0 Å². The molecule has 2 fully saturated rings. The van der Waals surface area contributed by atoms with Gasteiger partial charge in [-0.2, -0.15) is 0 Å². The maximum atomic E-state index is 10.5. The van der Waals surface area contributed by atoms with E-state index in [0.717, 1.165) is 6.33 Å². The standard InChI is InChI=1S/C16H25N4O7P/c1-7-15(24)28(7,25)27-16(2,3)4-8-10(21)11(22)14(26-8)20-6-19-9-12(20)17-5-18-13(9)23/h5-8,10-11,14-15,21-22,24-25,28H,4H2,1-3H3,(H,17,18,23)/t7?,8-,10?,11-,14?,15?/m1/s1. The van der Waals surface area contributed by atoms with E-state index in [9.17, 15) is 25.3 Å². The van der Waals surface area contributed by atoms with Crippen LogP contribution >= 0.6 is 7.72 Å². The number of fused-ring (bicyclic) bond motifs is 1. The van der Waals surface area contributed by atoms with Gasteiger partial charge < -0.3 is 0 Å². The van der Waals surface area contributed by atoms with Crippen LogP contribution in [0.5, 0.6) is 5.88 Å². The third-order valence-corrected chi connectivity index (χ3v) is 8.99. The average molecular weight is 416 g/mol. The molecular weight excluding hydrogens is 391 g/mol. The Hall–Kier alpha value is -1.46. The molecule has 4 heterocycles. The predicted octanol–water partition coefficient (Wildman–Crippen LogP) is -0.371. The number of aliphatic hydroxyl groups is 3. The van der Waals surface area contributed by atoms with Crippen molar-refractivity contribution in [3.05, 3.63) is 12.7 Å². The number of nitrogens with zero attached hydrogens (tertiary/aromatic N) is 4. The van der Waals surface area contributed by atoms with Gasteiger partial charge in [-0.15, -0.1) is 0 Å². The van der Waals surface area contributed by atoms with Gasteiger partial charge in [-0.3, -0.25) is 0 Å². The fraction of sp³-hybridized carbons (Fsp3) is 0.688. The molecule has 28 heavy (non-hydrogen) atoms. The molecule has 4 rings (SSSR count). The van der Waals surface area contributed by atoms with Crippen LogP contribution in [0.15, 0.2) is 12.7 Å². The van der Waals surface area contributed by atoms with Crippen molar-refractivity contribution in [1.82, 2.24) is 19.5 Å². The average Bonchev–Trinajstić information content (AvgIpc) is 2.99. The van der Waals surface area contributed by atoms with Crippen LogP contribution in [0.25, 0.3) is 11.2 Å². The van der Waals surface area contributed by atoms with Gasteiger partial charge >= 0.3 is 160 Å². The Bertz CT molecular complexity index is 885. The van der Waals surface area contributed by atoms with Gasteiger partial charge in [0, 0.05) is 0 Å². The van der Waals surface area contributed by atoms with E-state index in [-0.39, 0.29) is 29.1 Å². The van der Waals surface area contributed by atoms with Gasteiger partial charge in [0.05, 0.1) is 0 Å². The van der Waals surface area contributed by atoms with Crippen LogP contribution in [-0.4, -0.2) is 80.3 Å². The van der Waals surface area contributed by atoms with Crippen LogP contribution in [0.3, 0.4) is 0 Å². The monoisotopic (exact) mass is 416 g/mol. The normalized spacial score (nSPS) is 36.0. The molecule has 12 heteroatoms. The van der Waals surface area contributed by atoms with Gasteiger partial charge in [-0.05, 0) is 0 Å². The molecule has 2 aliphatic rings. The molecule has 156 valence electrons. The number of aliphatic hydroxyl groups excluding tert-OH is 3. The maximum absolute atomic E-state index is 10.5. The Labute approximate surface area is 161 Å². The van der Waals surface area contributed by atoms with E-state index < -0.39 is 43.7 Å². The quantitative estimate of drug-likeness (QED) is 0.406. The van der Waals surface area contributed by atoms with E-state index in [1.807, 2.05) is 0 Å². The van der Waals surface area contributed by atoms with Crippen molar-refractivity contribution in [2.75, 3.05) is 0 Å². The van der Waals surface area contributed by atoms with Gasteiger partial charge in [0.25, 0.3) is 0 Å². The zero-order valence-corrected chi connectivity index (χ0v) is 16.7. The fourth-order valence-electron chi connectivity index (χ4n) is 3.77. The molecule has 5 N–H and O–H groups in total. The molecular formula is C16H25N4O7P. The topological polar surface area (TPSA) is 163 Å². The van der Waals surface area contributed by atoms with Gasteiger partial charge in [0.1, 0.15) is 0 Å². The Morgan fingerprint density at radius 3 is 2.54 bits per heavy atom. The van der Waals surface area contributed by atoms with Crippen molar-refractivity contribution in [2.24, 2.45) is 0 Å². The molecule has 2 aromatic heterocycles. The number of hydrogen-bond donors (Lipinski definition) is 5. The summed E-state index contributed by atoms with van der Waals surface area (Å²) in [6, 6.07) is 0. The molecule has 6 atom stereocenters. The second-order valence-corrected chi connectivity index (χ2v) is 11.3. The molecule has 0 spiro atoms. The number of imidazole rings is 1. The first-order chi connectivity index (χ1) is 13.0. The SMILES string of the molecule is CC1C(O)[PH]1(O)OC(C)(C)C[C@H]1OC(n2cnc3c(O)ncnc32)[C@H](O)C1O. The minimum absolute atomic E-state index is 0.157. The van der Waals surface area contributed by atoms with Crippen LogP contribution in [-0.2, 0) is 9.26 Å². The van der Waals surface area contributed by atoms with Gasteiger partial charge in [-0.25, -0.2) is 0 Å². The molecule has 2 aliphatic heterocycles. The molecule has 0 saturated carbocycles. The first-order valence-electron chi connectivity index (χ1n) is 9.04. The van der Waals surface area contributed by atoms with Gasteiger partial charge in [0.15, 0.2) is 0 Å². The molecule has 4 unspecified atom stereocenters. The Kier molecular flexibility index (Phi) is 4.63. The molecule has 11 nitrogen and oxygen atoms in total. The fourth-order valence-corrected chi connectivity index (χ4v) is 6.45. The first kappa shape index (κ1) is 19.8. The molecule has 2 aromatic rings. The summed E-state index contributed by atoms with van der Waals surface area (Å²) in [5.74, 6) is -1.12. The minimum atomic E-state index is -3.18. The molecule has 0 bridgehead atoms. The number of aromatic nitrogens is 4. The summed E-state index contributed by atoms with van der Waals surface area (Å²) in [4.78, 5) is 22.1. The van der Waals surface area contributed by atoms with Gasteiger partial charge in [-0.1, -0.05) is 0 Å². The number of ether oxygens (including phenoxy) is 1. The van der Waals surface area contributed by atoms with Crippen LogP contribution in [0, 0.1) is 0 Å². The summed E-state index contributed by atoms with van der Waals surface area (Å²) < 4.78 is 13.1. The van der Waals surface area contributed by atoms with Crippen LogP contribution in [0.4, 0.5) is 0 Å². The Morgan fingerprint density at radius 1 is 1.21 bits per heavy atom. The third-order valence-electron chi connectivity index (χ3n) is 5.52. The second-order valence-electron chi connectivity index (χ2n) is 8.12. The summed E-state index contributed by atoms with van der Waals surface area (Å²) in [5, 5.41) is 40.5. The number of aromatic hydroxyl groups is 1. The summed E-state index contributed by atoms with van der Waals surface area (Å²) in [5.41, 5.74) is -0.740.